The molecule has 0 aliphatic rings. The van der Waals surface area contributed by atoms with Crippen molar-refractivity contribution < 1.29 is 14.0 Å². The van der Waals surface area contributed by atoms with Crippen LogP contribution in [0.2, 0.25) is 0 Å². The summed E-state index contributed by atoms with van der Waals surface area (Å²) in [5, 5.41) is 0. The molecule has 0 heterocycles. The Balaban J connectivity index is 3.57. The Kier molecular flexibility index (Phi) is 3.13. The van der Waals surface area contributed by atoms with Crippen LogP contribution in [0.3, 0.4) is 0 Å². The normalized spacial score (nSPS) is 18.4. The average molecular weight is 157 g/mol. The van der Waals surface area contributed by atoms with Crippen molar-refractivity contribution in [3.05, 3.63) is 11.8 Å². The Morgan fingerprint density at radius 3 is 2.50 bits per heavy atom. The van der Waals surface area contributed by atoms with E-state index in [9.17, 15) is 4.57 Å². The Labute approximate surface area is 52.5 Å². The van der Waals surface area contributed by atoms with Gasteiger partial charge in [0.1, 0.15) is 6.26 Å². The predicted molar refractivity (Wildman–Crippen MR) is 31.8 cm³/mol. The van der Waals surface area contributed by atoms with Gasteiger partial charge in [-0.2, -0.15) is 0 Å². The largest absolute Gasteiger partial charge is 0.432 e. The molecule has 0 rings (SSSR count). The van der Waals surface area contributed by atoms with Crippen molar-refractivity contribution >= 4 is 19.2 Å². The Hall–Kier alpha value is 0.0200. The van der Waals surface area contributed by atoms with E-state index >= 15 is 0 Å². The first-order chi connectivity index (χ1) is 3.56. The maximum Gasteiger partial charge on any atom is 0.373 e. The molecule has 0 spiro atoms. The van der Waals surface area contributed by atoms with Crippen molar-refractivity contribution in [2.45, 2.75) is 0 Å². The van der Waals surface area contributed by atoms with E-state index in [0.29, 0.717) is 0 Å². The van der Waals surface area contributed by atoms with E-state index in [1.807, 2.05) is 0 Å². The summed E-state index contributed by atoms with van der Waals surface area (Å²) in [5.74, 6) is 0. The van der Waals surface area contributed by atoms with Crippen molar-refractivity contribution in [3.63, 3.8) is 0 Å². The van der Waals surface area contributed by atoms with Gasteiger partial charge in [-0.3, -0.25) is 0 Å². The van der Waals surface area contributed by atoms with Gasteiger partial charge in [0.2, 0.25) is 0 Å². The van der Waals surface area contributed by atoms with Crippen LogP contribution >= 0.6 is 19.2 Å². The van der Waals surface area contributed by atoms with E-state index in [4.69, 9.17) is 16.5 Å². The SMILES string of the molecule is CP(=O)(O)OC=CCl. The van der Waals surface area contributed by atoms with Gasteiger partial charge >= 0.3 is 7.60 Å². The zero-order valence-electron chi connectivity index (χ0n) is 4.24. The van der Waals surface area contributed by atoms with Crippen molar-refractivity contribution in [2.75, 3.05) is 6.66 Å². The second-order valence-electron chi connectivity index (χ2n) is 1.17. The molecule has 0 amide bonds. The van der Waals surface area contributed by atoms with Crippen LogP contribution in [0.25, 0.3) is 0 Å². The van der Waals surface area contributed by atoms with E-state index in [1.165, 1.54) is 0 Å². The standard InChI is InChI=1S/C3H6ClO3P/c1-8(5,6)7-3-2-4/h2-3H,1H3,(H,5,6). The topological polar surface area (TPSA) is 46.5 Å². The molecule has 0 fully saturated rings. The summed E-state index contributed by atoms with van der Waals surface area (Å²) in [6.45, 7) is 1.07. The van der Waals surface area contributed by atoms with Crippen LogP contribution in [-0.4, -0.2) is 11.6 Å². The fourth-order valence-corrected chi connectivity index (χ4v) is 0.546. The van der Waals surface area contributed by atoms with Crippen molar-refractivity contribution in [3.8, 4) is 0 Å². The first-order valence-corrected chi connectivity index (χ1v) is 4.26. The van der Waals surface area contributed by atoms with Gasteiger partial charge in [-0.15, -0.1) is 0 Å². The minimum absolute atomic E-state index is 0.961. The third-order valence-corrected chi connectivity index (χ3v) is 0.924. The highest BCUT2D eigenvalue weighted by molar-refractivity contribution is 7.52. The highest BCUT2D eigenvalue weighted by atomic mass is 35.5. The summed E-state index contributed by atoms with van der Waals surface area (Å²) in [6, 6.07) is 0. The molecule has 0 aliphatic carbocycles. The van der Waals surface area contributed by atoms with Crippen molar-refractivity contribution in [1.29, 1.82) is 0 Å². The lowest BCUT2D eigenvalue weighted by molar-refractivity contribution is 0.356. The summed E-state index contributed by atoms with van der Waals surface area (Å²) >= 11 is 4.97. The van der Waals surface area contributed by atoms with Crippen LogP contribution in [0, 0.1) is 0 Å². The van der Waals surface area contributed by atoms with Crippen LogP contribution in [0.4, 0.5) is 0 Å². The van der Waals surface area contributed by atoms with Crippen LogP contribution < -0.4 is 0 Å². The lowest BCUT2D eigenvalue weighted by atomic mass is 11.2. The lowest BCUT2D eigenvalue weighted by Crippen LogP contribution is -1.74. The van der Waals surface area contributed by atoms with E-state index in [-0.39, 0.29) is 0 Å². The number of hydrogen-bond donors (Lipinski definition) is 1. The Morgan fingerprint density at radius 2 is 2.38 bits per heavy atom. The van der Waals surface area contributed by atoms with Crippen LogP contribution in [0.5, 0.6) is 0 Å². The first-order valence-electron chi connectivity index (χ1n) is 1.80. The van der Waals surface area contributed by atoms with Gasteiger partial charge in [-0.1, -0.05) is 11.6 Å². The fourth-order valence-electron chi connectivity index (χ4n) is 0.136. The van der Waals surface area contributed by atoms with Gasteiger partial charge in [-0.05, 0) is 0 Å². The zero-order valence-corrected chi connectivity index (χ0v) is 5.89. The maximum absolute atomic E-state index is 10.2. The van der Waals surface area contributed by atoms with Crippen LogP contribution in [0.1, 0.15) is 0 Å². The smallest absolute Gasteiger partial charge is 0.373 e. The van der Waals surface area contributed by atoms with Crippen molar-refractivity contribution in [2.24, 2.45) is 0 Å². The molecule has 0 radical (unpaired) electrons. The molecule has 3 nitrogen and oxygen atoms in total. The zero-order chi connectivity index (χ0) is 6.62. The monoisotopic (exact) mass is 156 g/mol. The third kappa shape index (κ3) is 6.02. The molecule has 0 bridgehead atoms. The van der Waals surface area contributed by atoms with Gasteiger partial charge in [0.15, 0.2) is 0 Å². The highest BCUT2D eigenvalue weighted by Gasteiger charge is 2.05. The Morgan fingerprint density at radius 1 is 1.88 bits per heavy atom. The van der Waals surface area contributed by atoms with Gasteiger partial charge in [-0.25, -0.2) is 4.57 Å². The molecule has 0 aromatic rings. The summed E-state index contributed by atoms with van der Waals surface area (Å²) in [6.07, 6.45) is 0.961. The molecule has 1 unspecified atom stereocenters. The minimum atomic E-state index is -3.35. The third-order valence-electron chi connectivity index (χ3n) is 0.308. The van der Waals surface area contributed by atoms with Gasteiger partial charge < -0.3 is 9.42 Å². The van der Waals surface area contributed by atoms with E-state index < -0.39 is 7.60 Å². The fraction of sp³-hybridized carbons (Fsp3) is 0.333. The molecule has 0 aromatic carbocycles. The van der Waals surface area contributed by atoms with E-state index in [2.05, 4.69) is 4.52 Å². The average Bonchev–Trinajstić information content (AvgIpc) is 1.59. The summed E-state index contributed by atoms with van der Waals surface area (Å²) in [7, 11) is -3.35. The minimum Gasteiger partial charge on any atom is -0.432 e. The molecule has 0 saturated carbocycles. The van der Waals surface area contributed by atoms with Gasteiger partial charge in [0, 0.05) is 12.2 Å². The van der Waals surface area contributed by atoms with Gasteiger partial charge in [0.25, 0.3) is 0 Å². The Bertz CT molecular complexity index is 126. The van der Waals surface area contributed by atoms with Crippen molar-refractivity contribution in [1.82, 2.24) is 0 Å². The second-order valence-corrected chi connectivity index (χ2v) is 3.24. The molecular formula is C3H6ClO3P. The lowest BCUT2D eigenvalue weighted by Gasteiger charge is -2.00. The summed E-state index contributed by atoms with van der Waals surface area (Å²) in [5.41, 5.74) is 1.02. The van der Waals surface area contributed by atoms with Crippen LogP contribution in [0.15, 0.2) is 11.8 Å². The quantitative estimate of drug-likeness (QED) is 0.487. The molecule has 5 heteroatoms. The first kappa shape index (κ1) is 8.02. The predicted octanol–water partition coefficient (Wildman–Crippen LogP) is 1.53. The molecule has 1 N–H and O–H groups in total. The molecular weight excluding hydrogens is 150 g/mol. The second kappa shape index (κ2) is 3.13. The summed E-state index contributed by atoms with van der Waals surface area (Å²) < 4.78 is 14.4. The van der Waals surface area contributed by atoms with E-state index in [1.54, 1.807) is 0 Å². The molecule has 1 atom stereocenters. The molecule has 0 saturated heterocycles. The molecule has 0 aromatic heterocycles. The van der Waals surface area contributed by atoms with Gasteiger partial charge in [0.05, 0.1) is 0 Å². The van der Waals surface area contributed by atoms with Crippen LogP contribution in [-0.2, 0) is 9.09 Å². The number of halogens is 1. The number of rotatable bonds is 2. The number of hydrogen-bond acceptors (Lipinski definition) is 2. The molecule has 0 aliphatic heterocycles. The summed E-state index contributed by atoms with van der Waals surface area (Å²) in [4.78, 5) is 8.37. The maximum atomic E-state index is 10.2. The molecule has 8 heavy (non-hydrogen) atoms. The molecule has 48 valence electrons. The van der Waals surface area contributed by atoms with E-state index in [0.717, 1.165) is 18.5 Å². The highest BCUT2D eigenvalue weighted by Crippen LogP contribution is 2.36.